The van der Waals surface area contributed by atoms with Crippen LogP contribution in [0.3, 0.4) is 0 Å². The molecule has 3 aromatic carbocycles. The number of esters is 1. The fourth-order valence-corrected chi connectivity index (χ4v) is 2.44. The Balaban J connectivity index is 1.61. The molecule has 126 valence electrons. The number of hydrogen-bond donors (Lipinski definition) is 0. The van der Waals surface area contributed by atoms with Gasteiger partial charge in [-0.15, -0.1) is 0 Å². The lowest BCUT2D eigenvalue weighted by Crippen LogP contribution is -2.28. The highest BCUT2D eigenvalue weighted by Crippen LogP contribution is 2.23. The monoisotopic (exact) mass is 352 g/mol. The Morgan fingerprint density at radius 1 is 0.800 bits per heavy atom. The largest absolute Gasteiger partial charge is 0.479 e. The van der Waals surface area contributed by atoms with Gasteiger partial charge in [-0.2, -0.15) is 0 Å². The number of halogens is 1. The molecule has 3 aromatic rings. The van der Waals surface area contributed by atoms with Crippen LogP contribution in [0.4, 0.5) is 0 Å². The minimum atomic E-state index is -0.727. The van der Waals surface area contributed by atoms with Gasteiger partial charge in [0.25, 0.3) is 0 Å². The molecule has 0 saturated carbocycles. The highest BCUT2D eigenvalue weighted by molar-refractivity contribution is 6.30. The van der Waals surface area contributed by atoms with Gasteiger partial charge in [-0.25, -0.2) is 4.79 Å². The van der Waals surface area contributed by atoms with Crippen molar-refractivity contribution in [2.75, 3.05) is 0 Å². The van der Waals surface area contributed by atoms with E-state index in [1.165, 1.54) is 0 Å². The van der Waals surface area contributed by atoms with Gasteiger partial charge in [-0.3, -0.25) is 0 Å². The van der Waals surface area contributed by atoms with Crippen LogP contribution in [0, 0.1) is 0 Å². The molecule has 0 bridgehead atoms. The van der Waals surface area contributed by atoms with Gasteiger partial charge in [-0.05, 0) is 54.4 Å². The molecule has 0 radical (unpaired) electrons. The van der Waals surface area contributed by atoms with Crippen LogP contribution in [0.2, 0.25) is 5.02 Å². The van der Waals surface area contributed by atoms with Crippen LogP contribution in [-0.2, 0) is 4.79 Å². The summed E-state index contributed by atoms with van der Waals surface area (Å²) in [6, 6.07) is 24.2. The number of ether oxygens (including phenoxy) is 2. The van der Waals surface area contributed by atoms with E-state index in [1.807, 2.05) is 42.5 Å². The van der Waals surface area contributed by atoms with E-state index < -0.39 is 12.1 Å². The average molecular weight is 353 g/mol. The molecule has 0 fully saturated rings. The van der Waals surface area contributed by atoms with Gasteiger partial charge < -0.3 is 9.47 Å². The molecule has 0 N–H and O–H groups in total. The van der Waals surface area contributed by atoms with Crippen molar-refractivity contribution in [1.29, 1.82) is 0 Å². The molecular formula is C21H17ClO3. The lowest BCUT2D eigenvalue weighted by molar-refractivity contribution is -0.141. The topological polar surface area (TPSA) is 35.5 Å². The first-order chi connectivity index (χ1) is 12.1. The molecule has 0 aliphatic carbocycles. The Morgan fingerprint density at radius 3 is 2.00 bits per heavy atom. The first-order valence-electron chi connectivity index (χ1n) is 7.91. The van der Waals surface area contributed by atoms with E-state index in [2.05, 4.69) is 0 Å². The molecule has 0 aliphatic rings. The van der Waals surface area contributed by atoms with Crippen molar-refractivity contribution in [3.63, 3.8) is 0 Å². The van der Waals surface area contributed by atoms with Gasteiger partial charge in [0.1, 0.15) is 11.5 Å². The van der Waals surface area contributed by atoms with Crippen molar-refractivity contribution in [3.05, 3.63) is 83.9 Å². The van der Waals surface area contributed by atoms with E-state index in [0.717, 1.165) is 11.1 Å². The number of benzene rings is 3. The average Bonchev–Trinajstić information content (AvgIpc) is 2.65. The fourth-order valence-electron chi connectivity index (χ4n) is 2.31. The van der Waals surface area contributed by atoms with E-state index in [4.69, 9.17) is 21.1 Å². The van der Waals surface area contributed by atoms with Crippen molar-refractivity contribution < 1.29 is 14.3 Å². The fraction of sp³-hybridized carbons (Fsp3) is 0.0952. The predicted octanol–water partition coefficient (Wildman–Crippen LogP) is 5.38. The van der Waals surface area contributed by atoms with E-state index in [-0.39, 0.29) is 0 Å². The minimum Gasteiger partial charge on any atom is -0.479 e. The molecule has 3 rings (SSSR count). The van der Waals surface area contributed by atoms with Gasteiger partial charge in [0.05, 0.1) is 0 Å². The summed E-state index contributed by atoms with van der Waals surface area (Å²) in [5.41, 5.74) is 2.17. The SMILES string of the molecule is C[C@@H](Oc1ccc(Cl)cc1)C(=O)Oc1ccc(-c2ccccc2)cc1. The second kappa shape index (κ2) is 7.86. The quantitative estimate of drug-likeness (QED) is 0.457. The van der Waals surface area contributed by atoms with Crippen LogP contribution in [0.5, 0.6) is 11.5 Å². The van der Waals surface area contributed by atoms with Gasteiger partial charge in [0, 0.05) is 5.02 Å². The van der Waals surface area contributed by atoms with Crippen molar-refractivity contribution in [1.82, 2.24) is 0 Å². The summed E-state index contributed by atoms with van der Waals surface area (Å²) in [7, 11) is 0. The molecule has 0 aliphatic heterocycles. The normalized spacial score (nSPS) is 11.6. The molecule has 3 nitrogen and oxygen atoms in total. The number of hydrogen-bond acceptors (Lipinski definition) is 3. The summed E-state index contributed by atoms with van der Waals surface area (Å²) >= 11 is 5.83. The third-order valence-electron chi connectivity index (χ3n) is 3.64. The second-order valence-electron chi connectivity index (χ2n) is 5.53. The molecule has 0 heterocycles. The summed E-state index contributed by atoms with van der Waals surface area (Å²) in [4.78, 5) is 12.2. The third-order valence-corrected chi connectivity index (χ3v) is 3.89. The molecule has 4 heteroatoms. The number of carbonyl (C=O) groups is 1. The number of carbonyl (C=O) groups excluding carboxylic acids is 1. The maximum Gasteiger partial charge on any atom is 0.352 e. The summed E-state index contributed by atoms with van der Waals surface area (Å²) in [6.45, 7) is 1.65. The highest BCUT2D eigenvalue weighted by atomic mass is 35.5. The molecule has 25 heavy (non-hydrogen) atoms. The van der Waals surface area contributed by atoms with E-state index in [9.17, 15) is 4.79 Å². The Kier molecular flexibility index (Phi) is 5.36. The van der Waals surface area contributed by atoms with Crippen molar-refractivity contribution in [2.45, 2.75) is 13.0 Å². The predicted molar refractivity (Wildman–Crippen MR) is 99.1 cm³/mol. The van der Waals surface area contributed by atoms with Crippen LogP contribution < -0.4 is 9.47 Å². The first kappa shape index (κ1) is 17.1. The lowest BCUT2D eigenvalue weighted by Gasteiger charge is -2.14. The Labute approximate surface area is 151 Å². The van der Waals surface area contributed by atoms with Crippen molar-refractivity contribution in [3.8, 4) is 22.6 Å². The third kappa shape index (κ3) is 4.61. The molecule has 0 saturated heterocycles. The Morgan fingerprint density at radius 2 is 1.36 bits per heavy atom. The zero-order valence-electron chi connectivity index (χ0n) is 13.7. The molecule has 0 unspecified atom stereocenters. The van der Waals surface area contributed by atoms with Crippen LogP contribution >= 0.6 is 11.6 Å². The maximum atomic E-state index is 12.2. The Bertz CT molecular complexity index is 827. The second-order valence-corrected chi connectivity index (χ2v) is 5.96. The van der Waals surface area contributed by atoms with Gasteiger partial charge >= 0.3 is 5.97 Å². The summed E-state index contributed by atoms with van der Waals surface area (Å²) in [6.07, 6.45) is -0.727. The molecular weight excluding hydrogens is 336 g/mol. The van der Waals surface area contributed by atoms with E-state index in [1.54, 1.807) is 43.3 Å². The highest BCUT2D eigenvalue weighted by Gasteiger charge is 2.17. The van der Waals surface area contributed by atoms with Gasteiger partial charge in [0.15, 0.2) is 6.10 Å². The van der Waals surface area contributed by atoms with Crippen LogP contribution in [0.15, 0.2) is 78.9 Å². The number of rotatable bonds is 5. The van der Waals surface area contributed by atoms with E-state index >= 15 is 0 Å². The summed E-state index contributed by atoms with van der Waals surface area (Å²) < 4.78 is 10.9. The maximum absolute atomic E-state index is 12.2. The minimum absolute atomic E-state index is 0.456. The molecule has 1 atom stereocenters. The molecule has 0 amide bonds. The smallest absolute Gasteiger partial charge is 0.352 e. The Hall–Kier alpha value is -2.78. The zero-order valence-corrected chi connectivity index (χ0v) is 14.4. The standard InChI is InChI=1S/C21H17ClO3/c1-15(24-19-13-9-18(22)10-14-19)21(23)25-20-11-7-17(8-12-20)16-5-3-2-4-6-16/h2-15H,1H3/t15-/m1/s1. The van der Waals surface area contributed by atoms with Crippen LogP contribution in [0.25, 0.3) is 11.1 Å². The summed E-state index contributed by atoms with van der Waals surface area (Å²) in [5, 5.41) is 0.612. The summed E-state index contributed by atoms with van der Waals surface area (Å²) in [5.74, 6) is 0.590. The molecule has 0 aromatic heterocycles. The van der Waals surface area contributed by atoms with Crippen LogP contribution in [0.1, 0.15) is 6.92 Å². The van der Waals surface area contributed by atoms with Crippen molar-refractivity contribution >= 4 is 17.6 Å². The van der Waals surface area contributed by atoms with Gasteiger partial charge in [-0.1, -0.05) is 54.1 Å². The van der Waals surface area contributed by atoms with E-state index in [0.29, 0.717) is 16.5 Å². The lowest BCUT2D eigenvalue weighted by atomic mass is 10.1. The van der Waals surface area contributed by atoms with Crippen molar-refractivity contribution in [2.24, 2.45) is 0 Å². The van der Waals surface area contributed by atoms with Crippen LogP contribution in [-0.4, -0.2) is 12.1 Å². The zero-order chi connectivity index (χ0) is 17.6. The first-order valence-corrected chi connectivity index (χ1v) is 8.29. The van der Waals surface area contributed by atoms with Gasteiger partial charge in [0.2, 0.25) is 0 Å². The molecule has 0 spiro atoms.